The van der Waals surface area contributed by atoms with E-state index < -0.39 is 0 Å². The fourth-order valence-corrected chi connectivity index (χ4v) is 2.36. The predicted molar refractivity (Wildman–Crippen MR) is 62.5 cm³/mol. The van der Waals surface area contributed by atoms with Gasteiger partial charge >= 0.3 is 0 Å². The number of ketones is 1. The monoisotopic (exact) mass is 241 g/mol. The summed E-state index contributed by atoms with van der Waals surface area (Å²) < 4.78 is 12.9. The average Bonchev–Trinajstić information content (AvgIpc) is 2.19. The van der Waals surface area contributed by atoms with Crippen LogP contribution in [0.5, 0.6) is 0 Å². The Kier molecular flexibility index (Phi) is 3.15. The van der Waals surface area contributed by atoms with E-state index in [4.69, 9.17) is 11.6 Å². The highest BCUT2D eigenvalue weighted by molar-refractivity contribution is 6.33. The first-order chi connectivity index (χ1) is 7.58. The molecule has 1 fully saturated rings. The van der Waals surface area contributed by atoms with Gasteiger partial charge in [-0.1, -0.05) is 11.6 Å². The second-order valence-corrected chi connectivity index (χ2v) is 4.54. The molecule has 0 bridgehead atoms. The van der Waals surface area contributed by atoms with Crippen molar-refractivity contribution >= 4 is 23.1 Å². The van der Waals surface area contributed by atoms with Gasteiger partial charge in [-0.15, -0.1) is 0 Å². The molecule has 0 saturated carbocycles. The highest BCUT2D eigenvalue weighted by Gasteiger charge is 2.24. The van der Waals surface area contributed by atoms with Crippen molar-refractivity contribution in [3.8, 4) is 0 Å². The van der Waals surface area contributed by atoms with Crippen molar-refractivity contribution in [1.29, 1.82) is 0 Å². The summed E-state index contributed by atoms with van der Waals surface area (Å²) in [5.41, 5.74) is 0.808. The largest absolute Gasteiger partial charge is 0.367 e. The SMILES string of the molecule is CC1CC(=O)CCN1c1ccc(F)cc1Cl. The van der Waals surface area contributed by atoms with Gasteiger partial charge in [0.25, 0.3) is 0 Å². The first-order valence-corrected chi connectivity index (χ1v) is 5.69. The summed E-state index contributed by atoms with van der Waals surface area (Å²) >= 11 is 6.00. The van der Waals surface area contributed by atoms with E-state index in [1.165, 1.54) is 12.1 Å². The van der Waals surface area contributed by atoms with E-state index >= 15 is 0 Å². The van der Waals surface area contributed by atoms with Crippen molar-refractivity contribution in [2.24, 2.45) is 0 Å². The fourth-order valence-electron chi connectivity index (χ4n) is 2.08. The molecule has 1 aromatic rings. The summed E-state index contributed by atoms with van der Waals surface area (Å²) in [6.07, 6.45) is 1.08. The fraction of sp³-hybridized carbons (Fsp3) is 0.417. The molecular weight excluding hydrogens is 229 g/mol. The Hall–Kier alpha value is -1.09. The normalized spacial score (nSPS) is 21.3. The smallest absolute Gasteiger partial charge is 0.136 e. The third-order valence-electron chi connectivity index (χ3n) is 2.91. The van der Waals surface area contributed by atoms with E-state index in [1.807, 2.05) is 6.92 Å². The van der Waals surface area contributed by atoms with Gasteiger partial charge in [-0.05, 0) is 25.1 Å². The average molecular weight is 242 g/mol. The van der Waals surface area contributed by atoms with Gasteiger partial charge in [-0.3, -0.25) is 4.79 Å². The van der Waals surface area contributed by atoms with Crippen molar-refractivity contribution in [2.45, 2.75) is 25.8 Å². The van der Waals surface area contributed by atoms with Gasteiger partial charge in [0.15, 0.2) is 0 Å². The summed E-state index contributed by atoms with van der Waals surface area (Å²) in [7, 11) is 0. The van der Waals surface area contributed by atoms with Gasteiger partial charge < -0.3 is 4.90 Å². The van der Waals surface area contributed by atoms with E-state index in [-0.39, 0.29) is 17.6 Å². The summed E-state index contributed by atoms with van der Waals surface area (Å²) in [6.45, 7) is 2.64. The number of anilines is 1. The third kappa shape index (κ3) is 2.19. The van der Waals surface area contributed by atoms with Crippen molar-refractivity contribution < 1.29 is 9.18 Å². The molecule has 1 unspecified atom stereocenters. The molecule has 0 radical (unpaired) electrons. The zero-order valence-corrected chi connectivity index (χ0v) is 9.80. The first-order valence-electron chi connectivity index (χ1n) is 5.31. The quantitative estimate of drug-likeness (QED) is 0.753. The Morgan fingerprint density at radius 2 is 2.25 bits per heavy atom. The molecule has 4 heteroatoms. The van der Waals surface area contributed by atoms with Crippen LogP contribution in [0.15, 0.2) is 18.2 Å². The Morgan fingerprint density at radius 3 is 2.88 bits per heavy atom. The highest BCUT2D eigenvalue weighted by atomic mass is 35.5. The summed E-state index contributed by atoms with van der Waals surface area (Å²) in [5, 5.41) is 0.404. The van der Waals surface area contributed by atoms with Gasteiger partial charge in [0.1, 0.15) is 11.6 Å². The molecule has 1 atom stereocenters. The minimum atomic E-state index is -0.338. The number of carbonyl (C=O) groups excluding carboxylic acids is 1. The predicted octanol–water partition coefficient (Wildman–Crippen LogP) is 3.04. The van der Waals surface area contributed by atoms with Crippen LogP contribution in [0.25, 0.3) is 0 Å². The molecule has 0 aromatic heterocycles. The highest BCUT2D eigenvalue weighted by Crippen LogP contribution is 2.30. The number of hydrogen-bond donors (Lipinski definition) is 0. The van der Waals surface area contributed by atoms with Crippen molar-refractivity contribution in [3.63, 3.8) is 0 Å². The molecule has 1 aliphatic heterocycles. The summed E-state index contributed by atoms with van der Waals surface area (Å²) in [5.74, 6) is -0.0588. The van der Waals surface area contributed by atoms with E-state index in [9.17, 15) is 9.18 Å². The zero-order valence-electron chi connectivity index (χ0n) is 9.04. The minimum Gasteiger partial charge on any atom is -0.367 e. The first kappa shape index (κ1) is 11.4. The second kappa shape index (κ2) is 4.42. The van der Waals surface area contributed by atoms with E-state index in [0.29, 0.717) is 24.4 Å². The lowest BCUT2D eigenvalue weighted by atomic mass is 10.0. The Labute approximate surface area is 99.0 Å². The van der Waals surface area contributed by atoms with Gasteiger partial charge in [-0.25, -0.2) is 4.39 Å². The van der Waals surface area contributed by atoms with Gasteiger partial charge in [0.05, 0.1) is 10.7 Å². The molecule has 86 valence electrons. The summed E-state index contributed by atoms with van der Waals surface area (Å²) in [4.78, 5) is 13.3. The number of benzene rings is 1. The lowest BCUT2D eigenvalue weighted by molar-refractivity contribution is -0.120. The number of piperidine rings is 1. The molecule has 1 aromatic carbocycles. The van der Waals surface area contributed by atoms with Crippen LogP contribution in [0.1, 0.15) is 19.8 Å². The lowest BCUT2D eigenvalue weighted by Gasteiger charge is -2.35. The molecule has 2 nitrogen and oxygen atoms in total. The van der Waals surface area contributed by atoms with Crippen LogP contribution in [-0.2, 0) is 4.79 Å². The Balaban J connectivity index is 2.26. The van der Waals surface area contributed by atoms with Crippen LogP contribution in [0, 0.1) is 5.82 Å². The number of halogens is 2. The number of Topliss-reactive ketones (excluding diaryl/α,β-unsaturated/α-hetero) is 1. The molecule has 0 aliphatic carbocycles. The van der Waals surface area contributed by atoms with Gasteiger partial charge in [0.2, 0.25) is 0 Å². The molecule has 1 saturated heterocycles. The molecule has 16 heavy (non-hydrogen) atoms. The Bertz CT molecular complexity index is 421. The lowest BCUT2D eigenvalue weighted by Crippen LogP contribution is -2.41. The van der Waals surface area contributed by atoms with Crippen LogP contribution >= 0.6 is 11.6 Å². The zero-order chi connectivity index (χ0) is 11.7. The molecule has 0 spiro atoms. The molecule has 0 amide bonds. The van der Waals surface area contributed by atoms with Gasteiger partial charge in [-0.2, -0.15) is 0 Å². The van der Waals surface area contributed by atoms with Crippen LogP contribution < -0.4 is 4.90 Å². The Morgan fingerprint density at radius 1 is 1.50 bits per heavy atom. The standard InChI is InChI=1S/C12H13ClFNO/c1-8-6-10(16)4-5-15(8)12-3-2-9(14)7-11(12)13/h2-3,7-8H,4-6H2,1H3. The maximum Gasteiger partial charge on any atom is 0.136 e. The maximum atomic E-state index is 12.9. The number of carbonyl (C=O) groups is 1. The molecule has 1 heterocycles. The molecule has 2 rings (SSSR count). The minimum absolute atomic E-state index is 0.129. The second-order valence-electron chi connectivity index (χ2n) is 4.13. The van der Waals surface area contributed by atoms with E-state index in [2.05, 4.69) is 4.90 Å². The molecule has 1 aliphatic rings. The van der Waals surface area contributed by atoms with E-state index in [1.54, 1.807) is 6.07 Å². The molecule has 0 N–H and O–H groups in total. The van der Waals surface area contributed by atoms with Crippen LogP contribution in [0.2, 0.25) is 5.02 Å². The molecular formula is C12H13ClFNO. The van der Waals surface area contributed by atoms with Crippen molar-refractivity contribution in [1.82, 2.24) is 0 Å². The number of hydrogen-bond acceptors (Lipinski definition) is 2. The van der Waals surface area contributed by atoms with Gasteiger partial charge in [0, 0.05) is 25.4 Å². The van der Waals surface area contributed by atoms with E-state index in [0.717, 1.165) is 5.69 Å². The number of nitrogens with zero attached hydrogens (tertiary/aromatic N) is 1. The summed E-state index contributed by atoms with van der Waals surface area (Å²) in [6, 6.07) is 4.50. The number of rotatable bonds is 1. The third-order valence-corrected chi connectivity index (χ3v) is 3.21. The van der Waals surface area contributed by atoms with Crippen LogP contribution in [0.4, 0.5) is 10.1 Å². The maximum absolute atomic E-state index is 12.9. The van der Waals surface area contributed by atoms with Crippen molar-refractivity contribution in [2.75, 3.05) is 11.4 Å². The van der Waals surface area contributed by atoms with Crippen molar-refractivity contribution in [3.05, 3.63) is 29.0 Å². The van der Waals surface area contributed by atoms with Crippen LogP contribution in [0.3, 0.4) is 0 Å². The topological polar surface area (TPSA) is 20.3 Å². The van der Waals surface area contributed by atoms with Crippen LogP contribution in [-0.4, -0.2) is 18.4 Å².